The van der Waals surface area contributed by atoms with E-state index in [4.69, 9.17) is 4.74 Å². The van der Waals surface area contributed by atoms with Crippen LogP contribution in [0.5, 0.6) is 0 Å². The highest BCUT2D eigenvalue weighted by molar-refractivity contribution is 5.88. The first-order chi connectivity index (χ1) is 8.15. The highest BCUT2D eigenvalue weighted by Gasteiger charge is 2.49. The summed E-state index contributed by atoms with van der Waals surface area (Å²) in [4.78, 5) is 23.6. The van der Waals surface area contributed by atoms with Gasteiger partial charge in [-0.25, -0.2) is 4.79 Å². The van der Waals surface area contributed by atoms with Crippen molar-refractivity contribution in [3.8, 4) is 0 Å². The monoisotopic (exact) mass is 255 g/mol. The van der Waals surface area contributed by atoms with Gasteiger partial charge in [0.15, 0.2) is 0 Å². The smallest absolute Gasteiger partial charge is 0.407 e. The Hall–Kier alpha value is -1.06. The van der Waals surface area contributed by atoms with E-state index in [9.17, 15) is 9.59 Å². The molecule has 1 amide bonds. The van der Waals surface area contributed by atoms with E-state index >= 15 is 0 Å². The molecule has 0 aliphatic heterocycles. The van der Waals surface area contributed by atoms with Gasteiger partial charge in [-0.15, -0.1) is 0 Å². The van der Waals surface area contributed by atoms with Gasteiger partial charge in [-0.1, -0.05) is 13.8 Å². The Morgan fingerprint density at radius 3 is 2.22 bits per heavy atom. The van der Waals surface area contributed by atoms with Gasteiger partial charge >= 0.3 is 6.09 Å². The molecule has 0 bridgehead atoms. The number of hydrogen-bond donors (Lipinski definition) is 1. The van der Waals surface area contributed by atoms with Crippen molar-refractivity contribution in [3.63, 3.8) is 0 Å². The van der Waals surface area contributed by atoms with Gasteiger partial charge in [0, 0.05) is 18.4 Å². The van der Waals surface area contributed by atoms with Crippen LogP contribution in [0.4, 0.5) is 4.79 Å². The van der Waals surface area contributed by atoms with E-state index in [2.05, 4.69) is 5.32 Å². The first-order valence-corrected chi connectivity index (χ1v) is 6.65. The lowest BCUT2D eigenvalue weighted by molar-refractivity contribution is -0.124. The molecule has 104 valence electrons. The largest absolute Gasteiger partial charge is 0.444 e. The Balaban J connectivity index is 2.39. The molecule has 18 heavy (non-hydrogen) atoms. The molecule has 4 heteroatoms. The topological polar surface area (TPSA) is 55.4 Å². The average molecular weight is 255 g/mol. The quantitative estimate of drug-likeness (QED) is 0.821. The number of carbonyl (C=O) groups is 2. The number of nitrogens with one attached hydrogen (secondary N) is 1. The zero-order valence-corrected chi connectivity index (χ0v) is 12.1. The summed E-state index contributed by atoms with van der Waals surface area (Å²) < 4.78 is 5.16. The van der Waals surface area contributed by atoms with E-state index in [0.717, 1.165) is 12.8 Å². The summed E-state index contributed by atoms with van der Waals surface area (Å²) in [7, 11) is 0. The normalized spacial score (nSPS) is 17.4. The Morgan fingerprint density at radius 1 is 1.28 bits per heavy atom. The number of ether oxygens (including phenoxy) is 1. The molecular formula is C14H25NO3. The molecular weight excluding hydrogens is 230 g/mol. The second kappa shape index (κ2) is 5.29. The zero-order chi connectivity index (χ0) is 14.0. The first-order valence-electron chi connectivity index (χ1n) is 6.65. The molecule has 0 aromatic rings. The summed E-state index contributed by atoms with van der Waals surface area (Å²) in [5, 5.41) is 2.71. The fourth-order valence-electron chi connectivity index (χ4n) is 1.85. The van der Waals surface area contributed by atoms with Crippen LogP contribution < -0.4 is 5.32 Å². The van der Waals surface area contributed by atoms with E-state index in [1.165, 1.54) is 0 Å². The molecule has 1 fully saturated rings. The summed E-state index contributed by atoms with van der Waals surface area (Å²) >= 11 is 0. The predicted molar refractivity (Wildman–Crippen MR) is 70.4 cm³/mol. The number of ketones is 1. The van der Waals surface area contributed by atoms with E-state index in [-0.39, 0.29) is 11.2 Å². The standard InChI is InChI=1S/C14H25NO3/c1-10(2)8-11(16)14(6-7-14)9-15-12(17)18-13(3,4)5/h10H,6-9H2,1-5H3,(H,15,17). The molecule has 1 N–H and O–H groups in total. The second-order valence-corrected chi connectivity index (χ2v) is 6.66. The molecule has 1 aliphatic rings. The lowest BCUT2D eigenvalue weighted by atomic mass is 9.93. The fraction of sp³-hybridized carbons (Fsp3) is 0.857. The third-order valence-corrected chi connectivity index (χ3v) is 3.01. The van der Waals surface area contributed by atoms with E-state index in [0.29, 0.717) is 18.9 Å². The third-order valence-electron chi connectivity index (χ3n) is 3.01. The summed E-state index contributed by atoms with van der Waals surface area (Å²) in [5.74, 6) is 0.644. The van der Waals surface area contributed by atoms with Crippen molar-refractivity contribution < 1.29 is 14.3 Å². The lowest BCUT2D eigenvalue weighted by Crippen LogP contribution is -2.38. The van der Waals surface area contributed by atoms with Crippen LogP contribution in [0.25, 0.3) is 0 Å². The molecule has 0 saturated heterocycles. The number of amides is 1. The Morgan fingerprint density at radius 2 is 1.83 bits per heavy atom. The van der Waals surface area contributed by atoms with Crippen molar-refractivity contribution in [1.82, 2.24) is 5.32 Å². The van der Waals surface area contributed by atoms with Gasteiger partial charge in [-0.3, -0.25) is 4.79 Å². The predicted octanol–water partition coefficient (Wildman–Crippen LogP) is 2.91. The maximum Gasteiger partial charge on any atom is 0.407 e. The van der Waals surface area contributed by atoms with Crippen LogP contribution in [0.2, 0.25) is 0 Å². The van der Waals surface area contributed by atoms with Gasteiger partial charge in [0.1, 0.15) is 11.4 Å². The van der Waals surface area contributed by atoms with Crippen molar-refractivity contribution in [2.24, 2.45) is 11.3 Å². The zero-order valence-electron chi connectivity index (χ0n) is 12.1. The SMILES string of the molecule is CC(C)CC(=O)C1(CNC(=O)OC(C)(C)C)CC1. The molecule has 0 unspecified atom stereocenters. The van der Waals surface area contributed by atoms with E-state index in [1.54, 1.807) is 0 Å². The summed E-state index contributed by atoms with van der Waals surface area (Å²) in [6, 6.07) is 0. The van der Waals surface area contributed by atoms with Crippen LogP contribution in [-0.4, -0.2) is 24.0 Å². The second-order valence-electron chi connectivity index (χ2n) is 6.66. The molecule has 0 radical (unpaired) electrons. The number of rotatable bonds is 5. The Labute approximate surface area is 109 Å². The highest BCUT2D eigenvalue weighted by Crippen LogP contribution is 2.47. The number of Topliss-reactive ketones (excluding diaryl/α,β-unsaturated/α-hetero) is 1. The van der Waals surface area contributed by atoms with Crippen molar-refractivity contribution in [2.75, 3.05) is 6.54 Å². The van der Waals surface area contributed by atoms with Crippen LogP contribution >= 0.6 is 0 Å². The highest BCUT2D eigenvalue weighted by atomic mass is 16.6. The van der Waals surface area contributed by atoms with Gasteiger partial charge in [-0.05, 0) is 39.5 Å². The third kappa shape index (κ3) is 4.67. The maximum atomic E-state index is 12.0. The van der Waals surface area contributed by atoms with Crippen molar-refractivity contribution in [1.29, 1.82) is 0 Å². The Kier molecular flexibility index (Phi) is 4.41. The summed E-state index contributed by atoms with van der Waals surface area (Å²) in [5.41, 5.74) is -0.802. The van der Waals surface area contributed by atoms with Gasteiger partial charge in [-0.2, -0.15) is 0 Å². The first kappa shape index (κ1) is 15.0. The van der Waals surface area contributed by atoms with E-state index < -0.39 is 11.7 Å². The van der Waals surface area contributed by atoms with Crippen LogP contribution in [0, 0.1) is 11.3 Å². The summed E-state index contributed by atoms with van der Waals surface area (Å²) in [6.45, 7) is 9.95. The van der Waals surface area contributed by atoms with Crippen LogP contribution in [0.15, 0.2) is 0 Å². The van der Waals surface area contributed by atoms with Crippen molar-refractivity contribution >= 4 is 11.9 Å². The lowest BCUT2D eigenvalue weighted by Gasteiger charge is -2.21. The maximum absolute atomic E-state index is 12.0. The molecule has 0 aromatic carbocycles. The van der Waals surface area contributed by atoms with Crippen LogP contribution in [-0.2, 0) is 9.53 Å². The molecule has 1 rings (SSSR count). The molecule has 4 nitrogen and oxygen atoms in total. The van der Waals surface area contributed by atoms with Gasteiger partial charge in [0.05, 0.1) is 0 Å². The molecule has 1 aliphatic carbocycles. The Bertz CT molecular complexity index is 324. The van der Waals surface area contributed by atoms with Crippen LogP contribution in [0.1, 0.15) is 53.9 Å². The molecule has 0 heterocycles. The van der Waals surface area contributed by atoms with Gasteiger partial charge < -0.3 is 10.1 Å². The molecule has 1 saturated carbocycles. The molecule has 0 aromatic heterocycles. The average Bonchev–Trinajstić information content (AvgIpc) is 2.91. The number of hydrogen-bond acceptors (Lipinski definition) is 3. The molecule has 0 spiro atoms. The van der Waals surface area contributed by atoms with Crippen LogP contribution in [0.3, 0.4) is 0 Å². The fourth-order valence-corrected chi connectivity index (χ4v) is 1.85. The minimum absolute atomic E-state index is 0.272. The van der Waals surface area contributed by atoms with Crippen molar-refractivity contribution in [2.45, 2.75) is 59.5 Å². The minimum atomic E-state index is -0.497. The summed E-state index contributed by atoms with van der Waals surface area (Å²) in [6.07, 6.45) is 1.92. The van der Waals surface area contributed by atoms with Crippen molar-refractivity contribution in [3.05, 3.63) is 0 Å². The van der Waals surface area contributed by atoms with E-state index in [1.807, 2.05) is 34.6 Å². The van der Waals surface area contributed by atoms with Gasteiger partial charge in [0.2, 0.25) is 0 Å². The van der Waals surface area contributed by atoms with Gasteiger partial charge in [0.25, 0.3) is 0 Å². The molecule has 0 atom stereocenters. The minimum Gasteiger partial charge on any atom is -0.444 e. The number of alkyl carbamates (subject to hydrolysis) is 1. The number of carbonyl (C=O) groups excluding carboxylic acids is 2.